The summed E-state index contributed by atoms with van der Waals surface area (Å²) in [6, 6.07) is 5.95. The van der Waals surface area contributed by atoms with Crippen molar-refractivity contribution in [2.24, 2.45) is 0 Å². The van der Waals surface area contributed by atoms with E-state index < -0.39 is 0 Å². The minimum absolute atomic E-state index is 0.0263. The van der Waals surface area contributed by atoms with Gasteiger partial charge < -0.3 is 4.74 Å². The molecule has 0 heterocycles. The van der Waals surface area contributed by atoms with Gasteiger partial charge in [0.05, 0.1) is 7.11 Å². The van der Waals surface area contributed by atoms with Gasteiger partial charge in [-0.3, -0.25) is 10.1 Å². The number of halogens is 1. The Hall–Kier alpha value is -1.42. The highest BCUT2D eigenvalue weighted by Gasteiger charge is 2.20. The van der Waals surface area contributed by atoms with E-state index in [0.717, 1.165) is 24.8 Å². The average Bonchev–Trinajstić information content (AvgIpc) is 2.43. The summed E-state index contributed by atoms with van der Waals surface area (Å²) >= 11 is 0. The van der Waals surface area contributed by atoms with Crippen LogP contribution < -0.4 is 5.32 Å². The van der Waals surface area contributed by atoms with Crippen molar-refractivity contribution < 1.29 is 13.9 Å². The fourth-order valence-electron chi connectivity index (χ4n) is 1.97. The van der Waals surface area contributed by atoms with Gasteiger partial charge in [-0.2, -0.15) is 0 Å². The molecule has 0 spiro atoms. The Bertz CT molecular complexity index is 392. The largest absolute Gasteiger partial charge is 0.468 e. The van der Waals surface area contributed by atoms with Crippen LogP contribution in [0.5, 0.6) is 0 Å². The second kappa shape index (κ2) is 7.89. The minimum Gasteiger partial charge on any atom is -0.468 e. The Kier molecular flexibility index (Phi) is 6.50. The Labute approximate surface area is 114 Å². The lowest BCUT2D eigenvalue weighted by Crippen LogP contribution is -2.39. The number of carbonyl (C=O) groups is 1. The van der Waals surface area contributed by atoms with Crippen LogP contribution in [0.1, 0.15) is 44.7 Å². The fraction of sp³-hybridized carbons (Fsp3) is 0.533. The van der Waals surface area contributed by atoms with E-state index in [2.05, 4.69) is 12.2 Å². The van der Waals surface area contributed by atoms with Gasteiger partial charge in [-0.05, 0) is 31.0 Å². The number of benzene rings is 1. The summed E-state index contributed by atoms with van der Waals surface area (Å²) < 4.78 is 17.7. The predicted molar refractivity (Wildman–Crippen MR) is 73.3 cm³/mol. The van der Waals surface area contributed by atoms with Crippen molar-refractivity contribution in [2.75, 3.05) is 7.11 Å². The van der Waals surface area contributed by atoms with Gasteiger partial charge in [-0.15, -0.1) is 0 Å². The van der Waals surface area contributed by atoms with Crippen molar-refractivity contribution in [1.29, 1.82) is 0 Å². The molecule has 0 aliphatic rings. The van der Waals surface area contributed by atoms with E-state index in [1.54, 1.807) is 12.1 Å². The lowest BCUT2D eigenvalue weighted by atomic mass is 10.0. The first-order valence-corrected chi connectivity index (χ1v) is 6.67. The van der Waals surface area contributed by atoms with E-state index in [1.807, 2.05) is 6.92 Å². The van der Waals surface area contributed by atoms with Crippen LogP contribution >= 0.6 is 0 Å². The van der Waals surface area contributed by atoms with Gasteiger partial charge in [0.2, 0.25) is 0 Å². The van der Waals surface area contributed by atoms with E-state index in [9.17, 15) is 9.18 Å². The summed E-state index contributed by atoms with van der Waals surface area (Å²) in [5.74, 6) is -0.506. The molecule has 19 heavy (non-hydrogen) atoms. The molecule has 106 valence electrons. The third kappa shape index (κ3) is 4.99. The molecule has 0 radical (unpaired) electrons. The summed E-state index contributed by atoms with van der Waals surface area (Å²) in [7, 11) is 1.39. The van der Waals surface area contributed by atoms with Gasteiger partial charge >= 0.3 is 5.97 Å². The standard InChI is InChI=1S/C15H22FNO2/c1-4-5-6-14(15(18)19-3)17-11(2)12-7-9-13(16)10-8-12/h7-11,14,17H,4-6H2,1-3H3. The molecule has 1 N–H and O–H groups in total. The molecule has 4 heteroatoms. The van der Waals surface area contributed by atoms with E-state index in [0.29, 0.717) is 0 Å². The zero-order chi connectivity index (χ0) is 14.3. The SMILES string of the molecule is CCCCC(NC(C)c1ccc(F)cc1)C(=O)OC. The van der Waals surface area contributed by atoms with Crippen LogP contribution in [0.3, 0.4) is 0 Å². The first-order chi connectivity index (χ1) is 9.08. The number of esters is 1. The fourth-order valence-corrected chi connectivity index (χ4v) is 1.97. The molecule has 0 amide bonds. The molecule has 0 fully saturated rings. The lowest BCUT2D eigenvalue weighted by molar-refractivity contribution is -0.143. The number of hydrogen-bond acceptors (Lipinski definition) is 3. The molecular formula is C15H22FNO2. The number of rotatable bonds is 7. The normalized spacial score (nSPS) is 13.9. The maximum atomic E-state index is 12.9. The number of methoxy groups -OCH3 is 1. The minimum atomic E-state index is -0.315. The van der Waals surface area contributed by atoms with Crippen LogP contribution in [0.25, 0.3) is 0 Å². The predicted octanol–water partition coefficient (Wildman–Crippen LogP) is 3.21. The third-order valence-corrected chi connectivity index (χ3v) is 3.15. The molecule has 0 aliphatic carbocycles. The molecule has 2 unspecified atom stereocenters. The van der Waals surface area contributed by atoms with Crippen LogP contribution in [0, 0.1) is 5.82 Å². The van der Waals surface area contributed by atoms with Gasteiger partial charge in [0.1, 0.15) is 11.9 Å². The smallest absolute Gasteiger partial charge is 0.322 e. The van der Waals surface area contributed by atoms with Crippen molar-refractivity contribution in [3.05, 3.63) is 35.6 Å². The van der Waals surface area contributed by atoms with Crippen LogP contribution in [0.15, 0.2) is 24.3 Å². The Morgan fingerprint density at radius 2 is 2.00 bits per heavy atom. The monoisotopic (exact) mass is 267 g/mol. The van der Waals surface area contributed by atoms with Crippen molar-refractivity contribution >= 4 is 5.97 Å². The van der Waals surface area contributed by atoms with Gasteiger partial charge in [-0.1, -0.05) is 31.9 Å². The van der Waals surface area contributed by atoms with Crippen LogP contribution in [0.2, 0.25) is 0 Å². The van der Waals surface area contributed by atoms with Crippen LogP contribution in [-0.4, -0.2) is 19.1 Å². The summed E-state index contributed by atoms with van der Waals surface area (Å²) in [4.78, 5) is 11.7. The Morgan fingerprint density at radius 1 is 1.37 bits per heavy atom. The lowest BCUT2D eigenvalue weighted by Gasteiger charge is -2.21. The van der Waals surface area contributed by atoms with Crippen LogP contribution in [0.4, 0.5) is 4.39 Å². The number of ether oxygens (including phenoxy) is 1. The molecule has 2 atom stereocenters. The maximum Gasteiger partial charge on any atom is 0.322 e. The highest BCUT2D eigenvalue weighted by Crippen LogP contribution is 2.15. The van der Waals surface area contributed by atoms with Crippen molar-refractivity contribution in [1.82, 2.24) is 5.32 Å². The molecule has 1 rings (SSSR count). The zero-order valence-electron chi connectivity index (χ0n) is 11.8. The summed E-state index contributed by atoms with van der Waals surface area (Å²) in [6.07, 6.45) is 2.73. The molecule has 1 aromatic rings. The van der Waals surface area contributed by atoms with Gasteiger partial charge in [0.25, 0.3) is 0 Å². The summed E-state index contributed by atoms with van der Waals surface area (Å²) in [5, 5.41) is 3.24. The summed E-state index contributed by atoms with van der Waals surface area (Å²) in [5.41, 5.74) is 0.951. The quantitative estimate of drug-likeness (QED) is 0.771. The molecule has 0 bridgehead atoms. The molecule has 0 saturated heterocycles. The van der Waals surface area contributed by atoms with E-state index in [4.69, 9.17) is 4.74 Å². The first kappa shape index (κ1) is 15.6. The first-order valence-electron chi connectivity index (χ1n) is 6.67. The number of nitrogens with one attached hydrogen (secondary N) is 1. The summed E-state index contributed by atoms with van der Waals surface area (Å²) in [6.45, 7) is 4.03. The Morgan fingerprint density at radius 3 is 2.53 bits per heavy atom. The van der Waals surface area contributed by atoms with Crippen molar-refractivity contribution in [3.63, 3.8) is 0 Å². The molecule has 0 saturated carbocycles. The zero-order valence-corrected chi connectivity index (χ0v) is 11.8. The maximum absolute atomic E-state index is 12.9. The second-order valence-electron chi connectivity index (χ2n) is 4.66. The molecule has 0 aliphatic heterocycles. The average molecular weight is 267 g/mol. The third-order valence-electron chi connectivity index (χ3n) is 3.15. The molecular weight excluding hydrogens is 245 g/mol. The van der Waals surface area contributed by atoms with Gasteiger partial charge in [0.15, 0.2) is 0 Å². The van der Waals surface area contributed by atoms with E-state index in [1.165, 1.54) is 19.2 Å². The highest BCUT2D eigenvalue weighted by atomic mass is 19.1. The van der Waals surface area contributed by atoms with Crippen molar-refractivity contribution in [3.8, 4) is 0 Å². The van der Waals surface area contributed by atoms with E-state index in [-0.39, 0.29) is 23.9 Å². The number of unbranched alkanes of at least 4 members (excludes halogenated alkanes) is 1. The van der Waals surface area contributed by atoms with Crippen molar-refractivity contribution in [2.45, 2.75) is 45.2 Å². The molecule has 3 nitrogen and oxygen atoms in total. The van der Waals surface area contributed by atoms with E-state index >= 15 is 0 Å². The molecule has 1 aromatic carbocycles. The van der Waals surface area contributed by atoms with Gasteiger partial charge in [0, 0.05) is 6.04 Å². The molecule has 0 aromatic heterocycles. The van der Waals surface area contributed by atoms with Gasteiger partial charge in [-0.25, -0.2) is 4.39 Å². The Balaban J connectivity index is 2.66. The topological polar surface area (TPSA) is 38.3 Å². The number of carbonyl (C=O) groups excluding carboxylic acids is 1. The van der Waals surface area contributed by atoms with Crippen LogP contribution in [-0.2, 0) is 9.53 Å². The highest BCUT2D eigenvalue weighted by molar-refractivity contribution is 5.75. The second-order valence-corrected chi connectivity index (χ2v) is 4.66. The number of hydrogen-bond donors (Lipinski definition) is 1.